The highest BCUT2D eigenvalue weighted by atomic mass is 79.9. The molecule has 5 rings (SSSR count). The number of alkyl halides is 1. The fourth-order valence-electron chi connectivity index (χ4n) is 5.90. The summed E-state index contributed by atoms with van der Waals surface area (Å²) >= 11 is 4.01. The number of benzene rings is 1. The molecule has 128 valence electrons. The molecule has 3 nitrogen and oxygen atoms in total. The van der Waals surface area contributed by atoms with Gasteiger partial charge in [-0.05, 0) is 74.8 Å². The number of nitrogens with one attached hydrogen (secondary N) is 1. The summed E-state index contributed by atoms with van der Waals surface area (Å²) in [6.45, 7) is 1.55. The quantitative estimate of drug-likeness (QED) is 0.584. The lowest BCUT2D eigenvalue weighted by atomic mass is 9.48. The Morgan fingerprint density at radius 3 is 2.54 bits per heavy atom. The Labute approximate surface area is 151 Å². The van der Waals surface area contributed by atoms with Gasteiger partial charge in [0.2, 0.25) is 5.91 Å². The average Bonchev–Trinajstić information content (AvgIpc) is 2.43. The van der Waals surface area contributed by atoms with Crippen LogP contribution in [0.25, 0.3) is 0 Å². The third-order valence-corrected chi connectivity index (χ3v) is 7.13. The fraction of sp³-hybridized carbons (Fsp3) is 0.600. The third-order valence-electron chi connectivity index (χ3n) is 6.20. The summed E-state index contributed by atoms with van der Waals surface area (Å²) in [5.74, 6) is 1.70. The van der Waals surface area contributed by atoms with Gasteiger partial charge in [-0.2, -0.15) is 0 Å². The number of ketones is 1. The molecule has 2 unspecified atom stereocenters. The van der Waals surface area contributed by atoms with E-state index < -0.39 is 0 Å². The number of rotatable bonds is 4. The molecule has 4 fully saturated rings. The molecule has 2 atom stereocenters. The van der Waals surface area contributed by atoms with Crippen LogP contribution in [0.3, 0.4) is 0 Å². The minimum Gasteiger partial charge on any atom is -0.326 e. The van der Waals surface area contributed by atoms with Gasteiger partial charge in [-0.15, -0.1) is 0 Å². The highest BCUT2D eigenvalue weighted by molar-refractivity contribution is 9.10. The molecule has 0 saturated heterocycles. The summed E-state index contributed by atoms with van der Waals surface area (Å²) in [7, 11) is 0. The van der Waals surface area contributed by atoms with E-state index in [9.17, 15) is 9.59 Å². The Hall–Kier alpha value is -1.16. The van der Waals surface area contributed by atoms with Crippen molar-refractivity contribution in [2.45, 2.75) is 56.2 Å². The first kappa shape index (κ1) is 16.3. The molecule has 1 amide bonds. The summed E-state index contributed by atoms with van der Waals surface area (Å²) in [6, 6.07) is 7.23. The largest absolute Gasteiger partial charge is 0.326 e. The number of carbonyl (C=O) groups excluding carboxylic acids is 2. The van der Waals surface area contributed by atoms with Crippen molar-refractivity contribution in [3.8, 4) is 0 Å². The van der Waals surface area contributed by atoms with Crippen molar-refractivity contribution in [2.75, 3.05) is 5.32 Å². The van der Waals surface area contributed by atoms with Gasteiger partial charge in [0.1, 0.15) is 0 Å². The van der Waals surface area contributed by atoms with Gasteiger partial charge in [-0.1, -0.05) is 28.1 Å². The van der Waals surface area contributed by atoms with Crippen molar-refractivity contribution >= 4 is 33.3 Å². The van der Waals surface area contributed by atoms with E-state index in [-0.39, 0.29) is 21.4 Å². The Kier molecular flexibility index (Phi) is 3.87. The molecule has 1 aromatic carbocycles. The maximum atomic E-state index is 12.7. The first-order chi connectivity index (χ1) is 11.3. The number of halogens is 1. The molecule has 0 aliphatic heterocycles. The highest BCUT2D eigenvalue weighted by Gasteiger charge is 2.57. The van der Waals surface area contributed by atoms with E-state index in [2.05, 4.69) is 21.2 Å². The van der Waals surface area contributed by atoms with Crippen LogP contribution < -0.4 is 5.32 Å². The van der Waals surface area contributed by atoms with Crippen LogP contribution in [0.4, 0.5) is 5.69 Å². The van der Waals surface area contributed by atoms with Gasteiger partial charge in [0, 0.05) is 22.0 Å². The predicted molar refractivity (Wildman–Crippen MR) is 98.5 cm³/mol. The van der Waals surface area contributed by atoms with E-state index in [0.717, 1.165) is 23.9 Å². The number of hydrogen-bond donors (Lipinski definition) is 1. The first-order valence-electron chi connectivity index (χ1n) is 8.95. The molecule has 4 heteroatoms. The summed E-state index contributed by atoms with van der Waals surface area (Å²) in [6.07, 6.45) is 8.08. The topological polar surface area (TPSA) is 46.2 Å². The number of amides is 1. The van der Waals surface area contributed by atoms with Crippen LogP contribution in [0.15, 0.2) is 24.3 Å². The zero-order valence-electron chi connectivity index (χ0n) is 14.1. The summed E-state index contributed by atoms with van der Waals surface area (Å²) < 4.78 is 0.284. The Morgan fingerprint density at radius 2 is 1.92 bits per heavy atom. The van der Waals surface area contributed by atoms with Crippen molar-refractivity contribution in [1.82, 2.24) is 0 Å². The van der Waals surface area contributed by atoms with E-state index in [1.807, 2.05) is 12.1 Å². The van der Waals surface area contributed by atoms with Gasteiger partial charge in [0.15, 0.2) is 5.78 Å². The Morgan fingerprint density at radius 1 is 1.21 bits per heavy atom. The molecule has 1 aromatic rings. The van der Waals surface area contributed by atoms with Crippen molar-refractivity contribution < 1.29 is 9.59 Å². The van der Waals surface area contributed by atoms with Crippen molar-refractivity contribution in [3.05, 3.63) is 29.8 Å². The van der Waals surface area contributed by atoms with Gasteiger partial charge in [0.05, 0.1) is 0 Å². The van der Waals surface area contributed by atoms with Crippen LogP contribution >= 0.6 is 15.9 Å². The lowest BCUT2D eigenvalue weighted by molar-refractivity contribution is -0.123. The molecule has 4 aliphatic carbocycles. The van der Waals surface area contributed by atoms with E-state index >= 15 is 0 Å². The van der Waals surface area contributed by atoms with Crippen molar-refractivity contribution in [3.63, 3.8) is 0 Å². The zero-order chi connectivity index (χ0) is 16.9. The number of anilines is 1. The smallest absolute Gasteiger partial charge is 0.224 e. The molecule has 1 N–H and O–H groups in total. The minimum atomic E-state index is 0.0217. The first-order valence-corrected chi connectivity index (χ1v) is 9.74. The van der Waals surface area contributed by atoms with Crippen LogP contribution in [0.2, 0.25) is 0 Å². The summed E-state index contributed by atoms with van der Waals surface area (Å²) in [5, 5.41) is 3.02. The Balaban J connectivity index is 1.47. The van der Waals surface area contributed by atoms with Crippen molar-refractivity contribution in [1.29, 1.82) is 0 Å². The number of Topliss-reactive ketones (excluding diaryl/α,β-unsaturated/α-hetero) is 1. The molecular weight excluding hydrogens is 366 g/mol. The molecule has 24 heavy (non-hydrogen) atoms. The SMILES string of the molecule is CC(=O)c1cccc(NC(=O)CC23CC4CC(CC(Br)(C4)C2)C3)c1. The monoisotopic (exact) mass is 389 g/mol. The lowest BCUT2D eigenvalue weighted by Crippen LogP contribution is -2.53. The summed E-state index contributed by atoms with van der Waals surface area (Å²) in [5.41, 5.74) is 1.54. The van der Waals surface area contributed by atoms with Crippen molar-refractivity contribution in [2.24, 2.45) is 17.3 Å². The maximum Gasteiger partial charge on any atom is 0.224 e. The number of carbonyl (C=O) groups is 2. The predicted octanol–water partition coefficient (Wildman–Crippen LogP) is 4.95. The lowest BCUT2D eigenvalue weighted by Gasteiger charge is -2.60. The van der Waals surface area contributed by atoms with Gasteiger partial charge in [-0.25, -0.2) is 0 Å². The second-order valence-corrected chi connectivity index (χ2v) is 10.2. The molecule has 0 radical (unpaired) electrons. The van der Waals surface area contributed by atoms with Gasteiger partial charge in [0.25, 0.3) is 0 Å². The Bertz CT molecular complexity index is 685. The minimum absolute atomic E-state index is 0.0217. The second kappa shape index (κ2) is 5.69. The molecule has 0 spiro atoms. The van der Waals surface area contributed by atoms with Crippen LogP contribution in [0.1, 0.15) is 62.2 Å². The second-order valence-electron chi connectivity index (χ2n) is 8.47. The van der Waals surface area contributed by atoms with Crippen LogP contribution in [0, 0.1) is 17.3 Å². The summed E-state index contributed by atoms with van der Waals surface area (Å²) in [4.78, 5) is 24.2. The van der Waals surface area contributed by atoms with Gasteiger partial charge in [-0.3, -0.25) is 9.59 Å². The van der Waals surface area contributed by atoms with Crippen LogP contribution in [-0.2, 0) is 4.79 Å². The molecular formula is C20H24BrNO2. The molecule has 4 aliphatic rings. The van der Waals surface area contributed by atoms with E-state index in [4.69, 9.17) is 0 Å². The maximum absolute atomic E-state index is 12.7. The molecule has 4 bridgehead atoms. The molecule has 4 saturated carbocycles. The standard InChI is InChI=1S/C20H24BrNO2/c1-13(23)16-3-2-4-17(6-16)22-18(24)11-19-7-14-5-15(8-19)10-20(21,9-14)12-19/h2-4,6,14-15H,5,7-12H2,1H3,(H,22,24). The molecule has 0 heterocycles. The van der Waals surface area contributed by atoms with E-state index in [1.165, 1.54) is 32.1 Å². The van der Waals surface area contributed by atoms with E-state index in [1.54, 1.807) is 19.1 Å². The fourth-order valence-corrected chi connectivity index (χ4v) is 7.41. The zero-order valence-corrected chi connectivity index (χ0v) is 15.7. The highest BCUT2D eigenvalue weighted by Crippen LogP contribution is 2.65. The van der Waals surface area contributed by atoms with E-state index in [0.29, 0.717) is 12.0 Å². The van der Waals surface area contributed by atoms with Crippen LogP contribution in [-0.4, -0.2) is 16.0 Å². The normalized spacial score (nSPS) is 36.6. The van der Waals surface area contributed by atoms with Crippen LogP contribution in [0.5, 0.6) is 0 Å². The van der Waals surface area contributed by atoms with Gasteiger partial charge < -0.3 is 5.32 Å². The van der Waals surface area contributed by atoms with Gasteiger partial charge >= 0.3 is 0 Å². The average molecular weight is 390 g/mol. The molecule has 0 aromatic heterocycles. The number of hydrogen-bond acceptors (Lipinski definition) is 2. The third kappa shape index (κ3) is 3.05.